The smallest absolute Gasteiger partial charge is 0.387 e. The fourth-order valence-corrected chi connectivity index (χ4v) is 6.36. The molecule has 7 nitrogen and oxygen atoms in total. The van der Waals surface area contributed by atoms with Gasteiger partial charge in [-0.15, -0.1) is 0 Å². The minimum Gasteiger partial charge on any atom is -0.431 e. The Morgan fingerprint density at radius 1 is 1.17 bits per heavy atom. The zero-order valence-electron chi connectivity index (χ0n) is 19.5. The molecule has 1 aromatic carbocycles. The van der Waals surface area contributed by atoms with Crippen LogP contribution < -0.4 is 9.64 Å². The van der Waals surface area contributed by atoms with Crippen LogP contribution >= 0.6 is 0 Å². The van der Waals surface area contributed by atoms with Crippen molar-refractivity contribution in [2.24, 2.45) is 5.41 Å². The number of halogens is 3. The Morgan fingerprint density at radius 3 is 2.46 bits per heavy atom. The number of Topliss-reactive ketones (excluding diaryl/α,β-unsaturated/α-hetero) is 1. The molecule has 2 aliphatic heterocycles. The minimum atomic E-state index is -3.25. The molecule has 0 spiro atoms. The Hall–Kier alpha value is -2.95. The second kappa shape index (κ2) is 8.61. The predicted octanol–water partition coefficient (Wildman–Crippen LogP) is 4.57. The van der Waals surface area contributed by atoms with E-state index in [4.69, 9.17) is 0 Å². The fourth-order valence-electron chi connectivity index (χ4n) is 4.55. The average Bonchev–Trinajstić information content (AvgIpc) is 2.97. The zero-order valence-corrected chi connectivity index (χ0v) is 20.3. The summed E-state index contributed by atoms with van der Waals surface area (Å²) in [5.74, 6) is -2.40. The third-order valence-corrected chi connectivity index (χ3v) is 8.49. The van der Waals surface area contributed by atoms with Gasteiger partial charge in [-0.1, -0.05) is 6.92 Å². The van der Waals surface area contributed by atoms with E-state index in [0.29, 0.717) is 35.9 Å². The van der Waals surface area contributed by atoms with E-state index >= 15 is 0 Å². The van der Waals surface area contributed by atoms with Crippen LogP contribution in [-0.2, 0) is 20.0 Å². The Bertz CT molecular complexity index is 1300. The van der Waals surface area contributed by atoms with Gasteiger partial charge in [0.15, 0.2) is 17.3 Å². The SMILES string of the molecule is CC1(CC(=O)c2ccc3c(c2)C(C)(C)C(=O)N3c2cc(OC(F)F)c(F)cn2)CCS(=O)(=O)CC1. The lowest BCUT2D eigenvalue weighted by Gasteiger charge is -2.32. The highest BCUT2D eigenvalue weighted by Gasteiger charge is 2.46. The third-order valence-electron chi connectivity index (χ3n) is 6.84. The van der Waals surface area contributed by atoms with Crippen molar-refractivity contribution in [3.8, 4) is 5.75 Å². The molecule has 1 saturated heterocycles. The standard InChI is InChI=1S/C24H25F3N2O5S/c1-23(2)15-10-14(18(30)12-24(3)6-8-35(32,33)9-7-24)4-5-17(15)29(21(23)31)20-11-19(34-22(26)27)16(25)13-28-20/h4-5,10-11,13,22H,6-9,12H2,1-3H3. The van der Waals surface area contributed by atoms with E-state index in [1.165, 1.54) is 4.90 Å². The highest BCUT2D eigenvalue weighted by atomic mass is 32.2. The molecule has 0 atom stereocenters. The number of alkyl halides is 2. The molecule has 2 aromatic rings. The summed E-state index contributed by atoms with van der Waals surface area (Å²) in [7, 11) is -3.06. The van der Waals surface area contributed by atoms with Crippen LogP contribution in [0.4, 0.5) is 24.7 Å². The van der Waals surface area contributed by atoms with Gasteiger partial charge < -0.3 is 4.74 Å². The summed E-state index contributed by atoms with van der Waals surface area (Å²) >= 11 is 0. The minimum absolute atomic E-state index is 0.0550. The van der Waals surface area contributed by atoms with Gasteiger partial charge in [-0.2, -0.15) is 8.78 Å². The molecule has 0 unspecified atom stereocenters. The van der Waals surface area contributed by atoms with Gasteiger partial charge in [0.25, 0.3) is 0 Å². The van der Waals surface area contributed by atoms with Gasteiger partial charge in [0.1, 0.15) is 15.7 Å². The quantitative estimate of drug-likeness (QED) is 0.529. The normalized spacial score (nSPS) is 20.1. The van der Waals surface area contributed by atoms with Crippen molar-refractivity contribution in [3.05, 3.63) is 47.4 Å². The van der Waals surface area contributed by atoms with Crippen molar-refractivity contribution in [3.63, 3.8) is 0 Å². The summed E-state index contributed by atoms with van der Waals surface area (Å²) in [6.07, 6.45) is 1.69. The van der Waals surface area contributed by atoms with Gasteiger partial charge in [-0.25, -0.2) is 17.8 Å². The number of carbonyl (C=O) groups is 2. The van der Waals surface area contributed by atoms with Crippen LogP contribution in [0.25, 0.3) is 0 Å². The van der Waals surface area contributed by atoms with Gasteiger partial charge in [0.05, 0.1) is 28.8 Å². The molecule has 0 radical (unpaired) electrons. The molecule has 1 aromatic heterocycles. The number of ether oxygens (including phenoxy) is 1. The number of rotatable bonds is 6. The van der Waals surface area contributed by atoms with Gasteiger partial charge in [0, 0.05) is 18.1 Å². The van der Waals surface area contributed by atoms with Crippen molar-refractivity contribution in [2.75, 3.05) is 16.4 Å². The Kier molecular flexibility index (Phi) is 6.19. The van der Waals surface area contributed by atoms with Crippen LogP contribution in [0.2, 0.25) is 0 Å². The predicted molar refractivity (Wildman–Crippen MR) is 122 cm³/mol. The molecular formula is C24H25F3N2O5S. The molecule has 0 aliphatic carbocycles. The van der Waals surface area contributed by atoms with Gasteiger partial charge >= 0.3 is 6.61 Å². The van der Waals surface area contributed by atoms with Crippen molar-refractivity contribution in [2.45, 2.75) is 52.1 Å². The lowest BCUT2D eigenvalue weighted by atomic mass is 9.78. The molecule has 3 heterocycles. The summed E-state index contributed by atoms with van der Waals surface area (Å²) in [5, 5.41) is 0. The van der Waals surface area contributed by atoms with Crippen molar-refractivity contribution in [1.82, 2.24) is 4.98 Å². The third kappa shape index (κ3) is 4.78. The number of benzene rings is 1. The molecular weight excluding hydrogens is 485 g/mol. The van der Waals surface area contributed by atoms with E-state index in [-0.39, 0.29) is 29.5 Å². The maximum atomic E-state index is 13.9. The topological polar surface area (TPSA) is 93.6 Å². The van der Waals surface area contributed by atoms with E-state index in [1.807, 2.05) is 6.92 Å². The Morgan fingerprint density at radius 2 is 1.83 bits per heavy atom. The number of anilines is 2. The van der Waals surface area contributed by atoms with Crippen molar-refractivity contribution < 1.29 is 35.9 Å². The molecule has 1 amide bonds. The largest absolute Gasteiger partial charge is 0.431 e. The van der Waals surface area contributed by atoms with Gasteiger partial charge in [-0.3, -0.25) is 14.5 Å². The fraction of sp³-hybridized carbons (Fsp3) is 0.458. The number of aromatic nitrogens is 1. The van der Waals surface area contributed by atoms with Gasteiger partial charge in [-0.05, 0) is 55.9 Å². The highest BCUT2D eigenvalue weighted by Crippen LogP contribution is 2.46. The molecule has 0 saturated carbocycles. The molecule has 2 aliphatic rings. The van der Waals surface area contributed by atoms with Crippen LogP contribution in [0.5, 0.6) is 5.75 Å². The lowest BCUT2D eigenvalue weighted by molar-refractivity contribution is -0.121. The average molecular weight is 511 g/mol. The number of carbonyl (C=O) groups excluding carboxylic acids is 2. The first-order valence-electron chi connectivity index (χ1n) is 11.1. The van der Waals surface area contributed by atoms with Crippen LogP contribution in [-0.4, -0.2) is 43.2 Å². The molecule has 35 heavy (non-hydrogen) atoms. The summed E-state index contributed by atoms with van der Waals surface area (Å²) in [6, 6.07) is 5.69. The Labute approximate surface area is 201 Å². The number of hydrogen-bond acceptors (Lipinski definition) is 6. The number of pyridine rings is 1. The second-order valence-electron chi connectivity index (χ2n) is 9.91. The summed E-state index contributed by atoms with van der Waals surface area (Å²) < 4.78 is 66.9. The number of fused-ring (bicyclic) bond motifs is 1. The van der Waals surface area contributed by atoms with Crippen LogP contribution in [0.3, 0.4) is 0 Å². The summed E-state index contributed by atoms with van der Waals surface area (Å²) in [4.78, 5) is 31.5. The number of amides is 1. The summed E-state index contributed by atoms with van der Waals surface area (Å²) in [5.41, 5.74) is -0.192. The zero-order chi connectivity index (χ0) is 25.8. The van der Waals surface area contributed by atoms with Gasteiger partial charge in [0.2, 0.25) is 5.91 Å². The van der Waals surface area contributed by atoms with Crippen molar-refractivity contribution >= 4 is 33.0 Å². The van der Waals surface area contributed by atoms with E-state index in [2.05, 4.69) is 9.72 Å². The molecule has 11 heteroatoms. The number of nitrogens with zero attached hydrogens (tertiary/aromatic N) is 2. The second-order valence-corrected chi connectivity index (χ2v) is 12.2. The van der Waals surface area contributed by atoms with Crippen LogP contribution in [0.1, 0.15) is 56.0 Å². The molecule has 1 fully saturated rings. The van der Waals surface area contributed by atoms with E-state index in [9.17, 15) is 31.2 Å². The molecule has 0 bridgehead atoms. The monoisotopic (exact) mass is 510 g/mol. The maximum Gasteiger partial charge on any atom is 0.387 e. The maximum absolute atomic E-state index is 13.9. The number of sulfone groups is 1. The first kappa shape index (κ1) is 25.2. The van der Waals surface area contributed by atoms with Crippen LogP contribution in [0, 0.1) is 11.2 Å². The van der Waals surface area contributed by atoms with E-state index in [0.717, 1.165) is 6.07 Å². The Balaban J connectivity index is 1.65. The van der Waals surface area contributed by atoms with E-state index in [1.54, 1.807) is 32.0 Å². The first-order valence-corrected chi connectivity index (χ1v) is 12.9. The first-order chi connectivity index (χ1) is 16.2. The molecule has 188 valence electrons. The van der Waals surface area contributed by atoms with E-state index < -0.39 is 44.8 Å². The summed E-state index contributed by atoms with van der Waals surface area (Å²) in [6.45, 7) is 1.98. The van der Waals surface area contributed by atoms with Crippen LogP contribution in [0.15, 0.2) is 30.5 Å². The number of hydrogen-bond donors (Lipinski definition) is 0. The highest BCUT2D eigenvalue weighted by molar-refractivity contribution is 7.91. The van der Waals surface area contributed by atoms with Crippen molar-refractivity contribution in [1.29, 1.82) is 0 Å². The molecule has 4 rings (SSSR count). The molecule has 0 N–H and O–H groups in total. The number of ketones is 1. The lowest BCUT2D eigenvalue weighted by Crippen LogP contribution is -2.33.